The highest BCUT2D eigenvalue weighted by Gasteiger charge is 2.45. The number of aliphatic carboxylic acids is 1. The summed E-state index contributed by atoms with van der Waals surface area (Å²) >= 11 is 0. The van der Waals surface area contributed by atoms with Gasteiger partial charge in [-0.2, -0.15) is 13.2 Å². The van der Waals surface area contributed by atoms with Gasteiger partial charge in [0.15, 0.2) is 0 Å². The van der Waals surface area contributed by atoms with Crippen molar-refractivity contribution in [1.29, 1.82) is 0 Å². The van der Waals surface area contributed by atoms with E-state index in [1.54, 1.807) is 0 Å². The molecule has 3 aromatic rings. The van der Waals surface area contributed by atoms with E-state index in [0.717, 1.165) is 41.7 Å². The summed E-state index contributed by atoms with van der Waals surface area (Å²) in [5.74, 6) is -3.01. The summed E-state index contributed by atoms with van der Waals surface area (Å²) in [4.78, 5) is 23.8. The van der Waals surface area contributed by atoms with Gasteiger partial charge in [0.1, 0.15) is 18.1 Å². The van der Waals surface area contributed by atoms with Gasteiger partial charge in [-0.05, 0) is 11.1 Å². The molecule has 1 fully saturated rings. The molecule has 1 saturated heterocycles. The molecule has 38 heavy (non-hydrogen) atoms. The second kappa shape index (κ2) is 12.1. The number of nitrogens with zero attached hydrogens (tertiary/aromatic N) is 2. The van der Waals surface area contributed by atoms with Crippen LogP contribution in [0.5, 0.6) is 0 Å². The first-order chi connectivity index (χ1) is 17.9. The Bertz CT molecular complexity index is 1150. The highest BCUT2D eigenvalue weighted by molar-refractivity contribution is 5.79. The molecule has 0 spiro atoms. The summed E-state index contributed by atoms with van der Waals surface area (Å²) in [7, 11) is 4.52. The maximum absolute atomic E-state index is 13.0. The molecular formula is C29H32F3N3O3. The zero-order valence-electron chi connectivity index (χ0n) is 21.4. The molecule has 202 valence electrons. The van der Waals surface area contributed by atoms with Gasteiger partial charge in [0.2, 0.25) is 0 Å². The SMILES string of the molecule is C[N+](C)(CCCN1CC(c2ccccc2)(c2ccccc2)NC1=O)Cc1ccccc1.O=C([O-])C(F)(F)F. The molecule has 6 nitrogen and oxygen atoms in total. The standard InChI is InChI=1S/C27H31N3O.C2HF3O2/c1-30(2,21-23-13-6-3-7-14-23)20-12-19-29-22-27(28-26(29)31,24-15-8-4-9-16-24)25-17-10-5-11-18-25;3-2(4,5)1(6)7/h3-11,13-18H,12,19-22H2,1-2H3;(H,6,7). The van der Waals surface area contributed by atoms with Crippen LogP contribution in [-0.2, 0) is 16.9 Å². The molecule has 1 heterocycles. The molecule has 0 radical (unpaired) electrons. The average molecular weight is 528 g/mol. The lowest BCUT2D eigenvalue weighted by Gasteiger charge is -2.31. The van der Waals surface area contributed by atoms with Gasteiger partial charge >= 0.3 is 12.2 Å². The van der Waals surface area contributed by atoms with Crippen molar-refractivity contribution in [3.8, 4) is 0 Å². The Morgan fingerprint density at radius 1 is 0.921 bits per heavy atom. The largest absolute Gasteiger partial charge is 0.542 e. The quantitative estimate of drug-likeness (QED) is 0.452. The Labute approximate surface area is 220 Å². The van der Waals surface area contributed by atoms with Crippen molar-refractivity contribution < 1.29 is 32.3 Å². The van der Waals surface area contributed by atoms with Crippen LogP contribution in [0.4, 0.5) is 18.0 Å². The van der Waals surface area contributed by atoms with Crippen molar-refractivity contribution in [2.45, 2.75) is 24.7 Å². The highest BCUT2D eigenvalue weighted by atomic mass is 19.4. The van der Waals surface area contributed by atoms with Crippen LogP contribution in [0.2, 0.25) is 0 Å². The lowest BCUT2D eigenvalue weighted by atomic mass is 9.83. The van der Waals surface area contributed by atoms with Crippen LogP contribution in [0.15, 0.2) is 91.0 Å². The Hall–Kier alpha value is -3.85. The van der Waals surface area contributed by atoms with Crippen LogP contribution >= 0.6 is 0 Å². The van der Waals surface area contributed by atoms with Crippen LogP contribution in [-0.4, -0.2) is 61.3 Å². The summed E-state index contributed by atoms with van der Waals surface area (Å²) in [6.07, 6.45) is -4.23. The average Bonchev–Trinajstić information content (AvgIpc) is 3.22. The minimum atomic E-state index is -5.19. The van der Waals surface area contributed by atoms with Gasteiger partial charge < -0.3 is 24.6 Å². The number of quaternary nitrogens is 1. The predicted octanol–water partition coefficient (Wildman–Crippen LogP) is 3.92. The van der Waals surface area contributed by atoms with Crippen molar-refractivity contribution in [1.82, 2.24) is 10.2 Å². The number of benzene rings is 3. The van der Waals surface area contributed by atoms with Crippen LogP contribution in [0.25, 0.3) is 0 Å². The Morgan fingerprint density at radius 2 is 1.37 bits per heavy atom. The third-order valence-electron chi connectivity index (χ3n) is 6.45. The number of alkyl halides is 3. The molecule has 0 saturated carbocycles. The maximum Gasteiger partial charge on any atom is 0.430 e. The number of carbonyl (C=O) groups is 2. The summed E-state index contributed by atoms with van der Waals surface area (Å²) in [5.41, 5.74) is 3.08. The number of urea groups is 1. The zero-order chi connectivity index (χ0) is 27.8. The number of carboxylic acid groups (broad SMARTS) is 1. The molecule has 0 aliphatic carbocycles. The minimum Gasteiger partial charge on any atom is -0.542 e. The smallest absolute Gasteiger partial charge is 0.430 e. The molecule has 0 atom stereocenters. The molecule has 1 N–H and O–H groups in total. The van der Waals surface area contributed by atoms with Gasteiger partial charge in [-0.15, -0.1) is 0 Å². The first-order valence-electron chi connectivity index (χ1n) is 12.3. The van der Waals surface area contributed by atoms with Crippen molar-refractivity contribution in [3.63, 3.8) is 0 Å². The van der Waals surface area contributed by atoms with Gasteiger partial charge in [-0.25, -0.2) is 4.79 Å². The van der Waals surface area contributed by atoms with E-state index in [4.69, 9.17) is 9.90 Å². The van der Waals surface area contributed by atoms with Crippen molar-refractivity contribution in [3.05, 3.63) is 108 Å². The Kier molecular flexibility index (Phi) is 9.17. The molecule has 4 rings (SSSR count). The maximum atomic E-state index is 13.0. The van der Waals surface area contributed by atoms with E-state index < -0.39 is 17.7 Å². The molecule has 1 aliphatic rings. The summed E-state index contributed by atoms with van der Waals surface area (Å²) in [6, 6.07) is 31.3. The predicted molar refractivity (Wildman–Crippen MR) is 137 cm³/mol. The first kappa shape index (κ1) is 28.7. The Balaban J connectivity index is 0.000000505. The highest BCUT2D eigenvalue weighted by Crippen LogP contribution is 2.34. The fourth-order valence-corrected chi connectivity index (χ4v) is 4.63. The fourth-order valence-electron chi connectivity index (χ4n) is 4.63. The topological polar surface area (TPSA) is 72.5 Å². The number of rotatable bonds is 8. The Morgan fingerprint density at radius 3 is 1.82 bits per heavy atom. The van der Waals surface area contributed by atoms with E-state index in [9.17, 15) is 18.0 Å². The van der Waals surface area contributed by atoms with E-state index >= 15 is 0 Å². The number of hydrogen-bond donors (Lipinski definition) is 1. The molecule has 2 amide bonds. The molecule has 0 aromatic heterocycles. The minimum absolute atomic E-state index is 0.0149. The number of carbonyl (C=O) groups excluding carboxylic acids is 2. The van der Waals surface area contributed by atoms with Gasteiger partial charge in [0.25, 0.3) is 0 Å². The van der Waals surface area contributed by atoms with Gasteiger partial charge in [0.05, 0.1) is 27.2 Å². The van der Waals surface area contributed by atoms with Crippen LogP contribution in [0, 0.1) is 0 Å². The van der Waals surface area contributed by atoms with E-state index in [2.05, 4.69) is 74.0 Å². The molecule has 0 unspecified atom stereocenters. The van der Waals surface area contributed by atoms with Crippen molar-refractivity contribution in [2.75, 3.05) is 33.7 Å². The number of hydrogen-bond acceptors (Lipinski definition) is 3. The normalized spacial score (nSPS) is 14.9. The number of amides is 2. The lowest BCUT2D eigenvalue weighted by Crippen LogP contribution is -2.41. The van der Waals surface area contributed by atoms with Crippen LogP contribution < -0.4 is 10.4 Å². The summed E-state index contributed by atoms with van der Waals surface area (Å²) < 4.78 is 32.5. The number of halogens is 3. The monoisotopic (exact) mass is 527 g/mol. The van der Waals surface area contributed by atoms with E-state index in [-0.39, 0.29) is 6.03 Å². The molecule has 3 aromatic carbocycles. The second-order valence-electron chi connectivity index (χ2n) is 9.93. The summed E-state index contributed by atoms with van der Waals surface area (Å²) in [5, 5.41) is 12.1. The van der Waals surface area contributed by atoms with Gasteiger partial charge in [-0.3, -0.25) is 0 Å². The zero-order valence-corrected chi connectivity index (χ0v) is 21.4. The fraction of sp³-hybridized carbons (Fsp3) is 0.310. The number of nitrogens with one attached hydrogen (secondary N) is 1. The third kappa shape index (κ3) is 7.58. The second-order valence-corrected chi connectivity index (χ2v) is 9.93. The van der Waals surface area contributed by atoms with Crippen molar-refractivity contribution >= 4 is 12.0 Å². The van der Waals surface area contributed by atoms with Crippen molar-refractivity contribution in [2.24, 2.45) is 0 Å². The van der Waals surface area contributed by atoms with Gasteiger partial charge in [0, 0.05) is 18.5 Å². The van der Waals surface area contributed by atoms with E-state index in [0.29, 0.717) is 6.54 Å². The van der Waals surface area contributed by atoms with Crippen LogP contribution in [0.1, 0.15) is 23.1 Å². The first-order valence-corrected chi connectivity index (χ1v) is 12.3. The molecule has 0 bridgehead atoms. The third-order valence-corrected chi connectivity index (χ3v) is 6.45. The lowest BCUT2D eigenvalue weighted by molar-refractivity contribution is -0.903. The molecule has 9 heteroatoms. The van der Waals surface area contributed by atoms with Crippen LogP contribution in [0.3, 0.4) is 0 Å². The van der Waals surface area contributed by atoms with Gasteiger partial charge in [-0.1, -0.05) is 91.0 Å². The number of carboxylic acids is 1. The molecular weight excluding hydrogens is 495 g/mol. The molecule has 1 aliphatic heterocycles. The van der Waals surface area contributed by atoms with E-state index in [1.165, 1.54) is 5.56 Å². The summed E-state index contributed by atoms with van der Waals surface area (Å²) in [6.45, 7) is 3.41. The van der Waals surface area contributed by atoms with E-state index in [1.807, 2.05) is 41.3 Å².